The first kappa shape index (κ1) is 14.8. The van der Waals surface area contributed by atoms with E-state index in [1.807, 2.05) is 0 Å². The van der Waals surface area contributed by atoms with Gasteiger partial charge in [-0.1, -0.05) is 0 Å². The second kappa shape index (κ2) is 5.42. The summed E-state index contributed by atoms with van der Waals surface area (Å²) in [4.78, 5) is 0. The average molecular weight is 450 g/mol. The van der Waals surface area contributed by atoms with Gasteiger partial charge in [-0.05, 0) is 0 Å². The van der Waals surface area contributed by atoms with Crippen LogP contribution in [0.2, 0.25) is 6.85 Å². The van der Waals surface area contributed by atoms with Gasteiger partial charge in [0.1, 0.15) is 0 Å². The SMILES string of the molecule is CCCC1=C[C](C)([Hf]([Cl])([Cl])[CH]2C=CC=C2)C(C)=C1. The Hall–Kier alpha value is 0.410. The Morgan fingerprint density at radius 3 is 2.44 bits per heavy atom. The van der Waals surface area contributed by atoms with Crippen LogP contribution < -0.4 is 0 Å². The molecule has 0 bridgehead atoms. The average Bonchev–Trinajstić information content (AvgIpc) is 2.90. The summed E-state index contributed by atoms with van der Waals surface area (Å²) in [6.07, 6.45) is 15.4. The van der Waals surface area contributed by atoms with E-state index in [4.69, 9.17) is 17.2 Å². The fourth-order valence-electron chi connectivity index (χ4n) is 2.77. The van der Waals surface area contributed by atoms with E-state index in [1.54, 1.807) is 0 Å². The van der Waals surface area contributed by atoms with Crippen molar-refractivity contribution in [2.24, 2.45) is 0 Å². The predicted octanol–water partition coefficient (Wildman–Crippen LogP) is 6.23. The molecular weight excluding hydrogens is 430 g/mol. The van der Waals surface area contributed by atoms with Crippen molar-refractivity contribution in [1.29, 1.82) is 0 Å². The van der Waals surface area contributed by atoms with E-state index in [0.29, 0.717) is 3.67 Å². The van der Waals surface area contributed by atoms with Crippen molar-refractivity contribution in [2.75, 3.05) is 0 Å². The molecule has 2 rings (SSSR count). The number of allylic oxidation sites excluding steroid dienone is 8. The van der Waals surface area contributed by atoms with Crippen LogP contribution in [-0.2, 0) is 17.6 Å². The van der Waals surface area contributed by atoms with Crippen molar-refractivity contribution in [2.45, 2.75) is 40.5 Å². The molecule has 0 spiro atoms. The summed E-state index contributed by atoms with van der Waals surface area (Å²) in [7, 11) is 13.9. The Kier molecular flexibility index (Phi) is 4.46. The van der Waals surface area contributed by atoms with Gasteiger partial charge < -0.3 is 0 Å². The molecule has 1 atom stereocenters. The summed E-state index contributed by atoms with van der Waals surface area (Å²) in [6, 6.07) is 0. The molecule has 0 saturated carbocycles. The van der Waals surface area contributed by atoms with E-state index in [-0.39, 0.29) is 3.17 Å². The van der Waals surface area contributed by atoms with E-state index in [2.05, 4.69) is 57.2 Å². The van der Waals surface area contributed by atoms with Gasteiger partial charge in [-0.3, -0.25) is 0 Å². The van der Waals surface area contributed by atoms with Crippen LogP contribution in [0.15, 0.2) is 47.6 Å². The Morgan fingerprint density at radius 2 is 1.89 bits per heavy atom. The molecule has 0 N–H and O–H groups in total. The molecule has 2 aliphatic carbocycles. The molecule has 0 heterocycles. The molecule has 0 aromatic carbocycles. The molecule has 2 aliphatic rings. The maximum atomic E-state index is 6.95. The third kappa shape index (κ3) is 2.39. The van der Waals surface area contributed by atoms with Crippen LogP contribution in [0.4, 0.5) is 0 Å². The summed E-state index contributed by atoms with van der Waals surface area (Å²) in [5, 5.41) is 0. The molecule has 18 heavy (non-hydrogen) atoms. The molecule has 98 valence electrons. The van der Waals surface area contributed by atoms with Gasteiger partial charge in [0, 0.05) is 0 Å². The molecule has 0 nitrogen and oxygen atoms in total. The van der Waals surface area contributed by atoms with Gasteiger partial charge >= 0.3 is 123 Å². The monoisotopic (exact) mass is 450 g/mol. The molecule has 3 heteroatoms. The van der Waals surface area contributed by atoms with Crippen molar-refractivity contribution in [3.63, 3.8) is 0 Å². The third-order valence-corrected chi connectivity index (χ3v) is 25.9. The van der Waals surface area contributed by atoms with Crippen molar-refractivity contribution >= 4 is 17.2 Å². The van der Waals surface area contributed by atoms with Crippen LogP contribution in [0.5, 0.6) is 0 Å². The summed E-state index contributed by atoms with van der Waals surface area (Å²) >= 11 is -3.45. The first-order valence-electron chi connectivity index (χ1n) is 6.55. The normalized spacial score (nSPS) is 27.8. The summed E-state index contributed by atoms with van der Waals surface area (Å²) in [5.41, 5.74) is 2.76. The fraction of sp³-hybridized carbons (Fsp3) is 0.467. The second-order valence-electron chi connectivity index (χ2n) is 5.42. The Bertz CT molecular complexity index is 445. The van der Waals surface area contributed by atoms with E-state index in [1.165, 1.54) is 17.6 Å². The number of rotatable bonds is 4. The molecule has 1 unspecified atom stereocenters. The van der Waals surface area contributed by atoms with Gasteiger partial charge in [0.05, 0.1) is 0 Å². The van der Waals surface area contributed by atoms with Crippen LogP contribution in [-0.4, -0.2) is 0 Å². The van der Waals surface area contributed by atoms with E-state index >= 15 is 0 Å². The predicted molar refractivity (Wildman–Crippen MR) is 78.9 cm³/mol. The molecule has 0 saturated heterocycles. The Morgan fingerprint density at radius 1 is 1.28 bits per heavy atom. The zero-order valence-corrected chi connectivity index (χ0v) is 16.3. The molecule has 0 radical (unpaired) electrons. The number of hydrogen-bond donors (Lipinski definition) is 0. The van der Waals surface area contributed by atoms with Crippen LogP contribution in [0.1, 0.15) is 33.6 Å². The van der Waals surface area contributed by atoms with Crippen LogP contribution in [0.25, 0.3) is 0 Å². The van der Waals surface area contributed by atoms with Crippen LogP contribution in [0, 0.1) is 0 Å². The van der Waals surface area contributed by atoms with E-state index in [0.717, 1.165) is 6.42 Å². The molecule has 0 aromatic heterocycles. The van der Waals surface area contributed by atoms with E-state index < -0.39 is 17.6 Å². The maximum absolute atomic E-state index is 6.95. The van der Waals surface area contributed by atoms with Crippen molar-refractivity contribution in [1.82, 2.24) is 0 Å². The molecule has 0 aliphatic heterocycles. The van der Waals surface area contributed by atoms with Gasteiger partial charge in [0.25, 0.3) is 0 Å². The third-order valence-electron chi connectivity index (χ3n) is 4.09. The standard InChI is InChI=1S/C10H15.C5H5.2ClH.Hf/c1-4-5-10-6-8(2)9(3)7-10;1-2-4-5-3-1;;;/h6-7H,4-5H2,1-3H3;1-5H;2*1H;/q;;;;+2/p-2. The zero-order valence-electron chi connectivity index (χ0n) is 11.2. The summed E-state index contributed by atoms with van der Waals surface area (Å²) < 4.78 is 0.232. The van der Waals surface area contributed by atoms with E-state index in [9.17, 15) is 0 Å². The topological polar surface area (TPSA) is 0 Å². The summed E-state index contributed by atoms with van der Waals surface area (Å²) in [5.74, 6) is 0. The quantitative estimate of drug-likeness (QED) is 0.447. The minimum absolute atomic E-state index is 0.0652. The molecule has 0 fully saturated rings. The second-order valence-corrected chi connectivity index (χ2v) is 27.4. The van der Waals surface area contributed by atoms with Crippen molar-refractivity contribution < 1.29 is 17.6 Å². The van der Waals surface area contributed by atoms with Crippen LogP contribution in [0.3, 0.4) is 0 Å². The van der Waals surface area contributed by atoms with Gasteiger partial charge in [-0.2, -0.15) is 0 Å². The fourth-order valence-corrected chi connectivity index (χ4v) is 17.0. The van der Waals surface area contributed by atoms with Gasteiger partial charge in [0.15, 0.2) is 0 Å². The Labute approximate surface area is 122 Å². The van der Waals surface area contributed by atoms with Gasteiger partial charge in [-0.25, -0.2) is 0 Å². The molecule has 0 amide bonds. The van der Waals surface area contributed by atoms with Crippen molar-refractivity contribution in [3.05, 3.63) is 47.6 Å². The van der Waals surface area contributed by atoms with Gasteiger partial charge in [0.2, 0.25) is 0 Å². The van der Waals surface area contributed by atoms with Crippen LogP contribution >= 0.6 is 17.2 Å². The molecular formula is C15H20Cl2Hf. The zero-order chi connectivity index (χ0) is 13.4. The first-order valence-corrected chi connectivity index (χ1v) is 19.3. The van der Waals surface area contributed by atoms with Crippen molar-refractivity contribution in [3.8, 4) is 0 Å². The first-order chi connectivity index (χ1) is 8.41. The molecule has 0 aromatic rings. The Balaban J connectivity index is 2.34. The van der Waals surface area contributed by atoms with Gasteiger partial charge in [-0.15, -0.1) is 0 Å². The number of hydrogen-bond acceptors (Lipinski definition) is 0. The number of halogens is 2. The summed E-state index contributed by atoms with van der Waals surface area (Å²) in [6.45, 7) is 6.63. The minimum atomic E-state index is -3.45.